The highest BCUT2D eigenvalue weighted by atomic mass is 16.2. The van der Waals surface area contributed by atoms with Crippen LogP contribution in [0, 0.1) is 0 Å². The average Bonchev–Trinajstić information content (AvgIpc) is 2.74. The Kier molecular flexibility index (Phi) is 6.15. The summed E-state index contributed by atoms with van der Waals surface area (Å²) in [5, 5.41) is 0. The van der Waals surface area contributed by atoms with Crippen molar-refractivity contribution in [2.24, 2.45) is 0 Å². The number of hydrogen-bond donors (Lipinski definition) is 0. The Morgan fingerprint density at radius 3 is 2.37 bits per heavy atom. The zero-order valence-electron chi connectivity index (χ0n) is 15.7. The third kappa shape index (κ3) is 4.70. The molecule has 0 aliphatic heterocycles. The normalized spacial score (nSPS) is 10.4. The Balaban J connectivity index is 1.66. The van der Waals surface area contributed by atoms with E-state index in [2.05, 4.69) is 33.9 Å². The second-order valence-corrected chi connectivity index (χ2v) is 6.32. The second kappa shape index (κ2) is 8.94. The van der Waals surface area contributed by atoms with Crippen molar-refractivity contribution in [1.82, 2.24) is 14.9 Å². The fourth-order valence-corrected chi connectivity index (χ4v) is 2.93. The molecule has 0 saturated carbocycles. The Bertz CT molecular complexity index is 851. The van der Waals surface area contributed by atoms with Gasteiger partial charge in [-0.2, -0.15) is 0 Å². The maximum Gasteiger partial charge on any atom is 0.255 e. The number of aromatic nitrogens is 2. The van der Waals surface area contributed by atoms with Crippen molar-refractivity contribution in [2.75, 3.05) is 25.0 Å². The third-order valence-corrected chi connectivity index (χ3v) is 4.49. The van der Waals surface area contributed by atoms with Crippen molar-refractivity contribution in [3.63, 3.8) is 0 Å². The zero-order valence-corrected chi connectivity index (χ0v) is 15.7. The summed E-state index contributed by atoms with van der Waals surface area (Å²) in [5.41, 5.74) is 2.85. The molecule has 3 aromatic rings. The summed E-state index contributed by atoms with van der Waals surface area (Å²) in [4.78, 5) is 25.0. The van der Waals surface area contributed by atoms with Crippen molar-refractivity contribution in [3.8, 4) is 0 Å². The molecule has 0 bridgehead atoms. The molecule has 3 rings (SSSR count). The van der Waals surface area contributed by atoms with Crippen LogP contribution in [0.15, 0.2) is 73.2 Å². The molecule has 0 fully saturated rings. The Morgan fingerprint density at radius 1 is 1.00 bits per heavy atom. The predicted octanol–water partition coefficient (Wildman–Crippen LogP) is 3.95. The van der Waals surface area contributed by atoms with Gasteiger partial charge in [0.15, 0.2) is 0 Å². The quantitative estimate of drug-likeness (QED) is 0.640. The summed E-state index contributed by atoms with van der Waals surface area (Å²) in [6.07, 6.45) is 6.00. The molecular formula is C22H24N4O. The lowest BCUT2D eigenvalue weighted by molar-refractivity contribution is 0.0796. The van der Waals surface area contributed by atoms with Gasteiger partial charge in [0.05, 0.1) is 5.56 Å². The first-order valence-corrected chi connectivity index (χ1v) is 9.12. The standard InChI is InChI=1S/C22H24N4O/c1-3-26(20-7-5-4-6-8-20)21-10-9-19(17-24-21)22(27)25(2)16-13-18-11-14-23-15-12-18/h4-12,14-15,17H,3,13,16H2,1-2H3. The smallest absolute Gasteiger partial charge is 0.255 e. The first kappa shape index (κ1) is 18.6. The molecule has 2 aromatic heterocycles. The highest BCUT2D eigenvalue weighted by Crippen LogP contribution is 2.23. The lowest BCUT2D eigenvalue weighted by Gasteiger charge is -2.22. The van der Waals surface area contributed by atoms with Gasteiger partial charge in [0.25, 0.3) is 5.91 Å². The number of amides is 1. The van der Waals surface area contributed by atoms with Crippen molar-refractivity contribution < 1.29 is 4.79 Å². The number of rotatable bonds is 7. The number of nitrogens with zero attached hydrogens (tertiary/aromatic N) is 4. The minimum atomic E-state index is -0.0223. The maximum absolute atomic E-state index is 12.6. The van der Waals surface area contributed by atoms with Gasteiger partial charge < -0.3 is 9.80 Å². The molecule has 0 saturated heterocycles. The molecule has 2 heterocycles. The summed E-state index contributed by atoms with van der Waals surface area (Å²) < 4.78 is 0. The van der Waals surface area contributed by atoms with Gasteiger partial charge in [-0.1, -0.05) is 18.2 Å². The predicted molar refractivity (Wildman–Crippen MR) is 108 cm³/mol. The van der Waals surface area contributed by atoms with Gasteiger partial charge in [-0.3, -0.25) is 9.78 Å². The SMILES string of the molecule is CCN(c1ccccc1)c1ccc(C(=O)N(C)CCc2ccncc2)cn1. The largest absolute Gasteiger partial charge is 0.341 e. The highest BCUT2D eigenvalue weighted by molar-refractivity contribution is 5.94. The summed E-state index contributed by atoms with van der Waals surface area (Å²) in [6, 6.07) is 17.8. The maximum atomic E-state index is 12.6. The first-order valence-electron chi connectivity index (χ1n) is 9.12. The van der Waals surface area contributed by atoms with Crippen LogP contribution in [0.4, 0.5) is 11.5 Å². The van der Waals surface area contributed by atoms with Crippen LogP contribution >= 0.6 is 0 Å². The Labute approximate surface area is 160 Å². The molecule has 0 radical (unpaired) electrons. The number of para-hydroxylation sites is 1. The van der Waals surface area contributed by atoms with Crippen LogP contribution in [0.25, 0.3) is 0 Å². The van der Waals surface area contributed by atoms with E-state index in [1.54, 1.807) is 23.5 Å². The summed E-state index contributed by atoms with van der Waals surface area (Å²) in [5.74, 6) is 0.811. The van der Waals surface area contributed by atoms with E-state index in [-0.39, 0.29) is 5.91 Å². The van der Waals surface area contributed by atoms with Gasteiger partial charge in [-0.05, 0) is 55.3 Å². The Morgan fingerprint density at radius 2 is 1.74 bits per heavy atom. The van der Waals surface area contributed by atoms with Crippen molar-refractivity contribution in [3.05, 3.63) is 84.3 Å². The molecule has 0 N–H and O–H groups in total. The van der Waals surface area contributed by atoms with Gasteiger partial charge in [-0.15, -0.1) is 0 Å². The van der Waals surface area contributed by atoms with Gasteiger partial charge in [0.1, 0.15) is 5.82 Å². The fraction of sp³-hybridized carbons (Fsp3) is 0.227. The number of likely N-dealkylation sites (N-methyl/N-ethyl adjacent to an activating group) is 1. The van der Waals surface area contributed by atoms with Crippen LogP contribution in [0.2, 0.25) is 0 Å². The van der Waals surface area contributed by atoms with E-state index in [0.717, 1.165) is 24.5 Å². The van der Waals surface area contributed by atoms with E-state index < -0.39 is 0 Å². The lowest BCUT2D eigenvalue weighted by atomic mass is 10.2. The van der Waals surface area contributed by atoms with Gasteiger partial charge >= 0.3 is 0 Å². The summed E-state index contributed by atoms with van der Waals surface area (Å²) in [6.45, 7) is 3.53. The molecule has 0 spiro atoms. The minimum Gasteiger partial charge on any atom is -0.341 e. The molecular weight excluding hydrogens is 336 g/mol. The molecule has 1 aromatic carbocycles. The van der Waals surface area contributed by atoms with Crippen LogP contribution in [-0.4, -0.2) is 40.9 Å². The van der Waals surface area contributed by atoms with Crippen molar-refractivity contribution in [1.29, 1.82) is 0 Å². The number of pyridine rings is 2. The molecule has 27 heavy (non-hydrogen) atoms. The number of anilines is 2. The van der Waals surface area contributed by atoms with E-state index in [1.807, 2.05) is 49.5 Å². The third-order valence-electron chi connectivity index (χ3n) is 4.49. The molecule has 5 nitrogen and oxygen atoms in total. The second-order valence-electron chi connectivity index (χ2n) is 6.32. The monoisotopic (exact) mass is 360 g/mol. The van der Waals surface area contributed by atoms with Crippen LogP contribution in [0.1, 0.15) is 22.8 Å². The topological polar surface area (TPSA) is 49.3 Å². The Hall–Kier alpha value is -3.21. The lowest BCUT2D eigenvalue weighted by Crippen LogP contribution is -2.29. The zero-order chi connectivity index (χ0) is 19.1. The molecule has 0 aliphatic rings. The molecule has 1 amide bonds. The van der Waals surface area contributed by atoms with Gasteiger partial charge in [-0.25, -0.2) is 4.98 Å². The number of carbonyl (C=O) groups excluding carboxylic acids is 1. The van der Waals surface area contributed by atoms with Gasteiger partial charge in [0, 0.05) is 44.4 Å². The summed E-state index contributed by atoms with van der Waals surface area (Å²) >= 11 is 0. The molecule has 138 valence electrons. The molecule has 0 atom stereocenters. The van der Waals surface area contributed by atoms with Crippen molar-refractivity contribution >= 4 is 17.4 Å². The van der Waals surface area contributed by atoms with E-state index in [4.69, 9.17) is 0 Å². The van der Waals surface area contributed by atoms with E-state index >= 15 is 0 Å². The highest BCUT2D eigenvalue weighted by Gasteiger charge is 2.14. The van der Waals surface area contributed by atoms with Crippen LogP contribution < -0.4 is 4.90 Å². The van der Waals surface area contributed by atoms with E-state index in [9.17, 15) is 4.79 Å². The molecule has 0 aliphatic carbocycles. The molecule has 0 unspecified atom stereocenters. The van der Waals surface area contributed by atoms with Crippen molar-refractivity contribution in [2.45, 2.75) is 13.3 Å². The van der Waals surface area contributed by atoms with Gasteiger partial charge in [0.2, 0.25) is 0 Å². The minimum absolute atomic E-state index is 0.0223. The van der Waals surface area contributed by atoms with E-state index in [0.29, 0.717) is 12.1 Å². The number of carbonyl (C=O) groups is 1. The molecule has 5 heteroatoms. The fourth-order valence-electron chi connectivity index (χ4n) is 2.93. The number of benzene rings is 1. The number of hydrogen-bond acceptors (Lipinski definition) is 4. The van der Waals surface area contributed by atoms with Crippen LogP contribution in [-0.2, 0) is 6.42 Å². The van der Waals surface area contributed by atoms with E-state index in [1.165, 1.54) is 5.56 Å². The van der Waals surface area contributed by atoms with Crippen LogP contribution in [0.5, 0.6) is 0 Å². The summed E-state index contributed by atoms with van der Waals surface area (Å²) in [7, 11) is 1.82. The average molecular weight is 360 g/mol. The van der Waals surface area contributed by atoms with Crippen LogP contribution in [0.3, 0.4) is 0 Å². The first-order chi connectivity index (χ1) is 13.2.